The Balaban J connectivity index is 1.23. The van der Waals surface area contributed by atoms with Crippen molar-refractivity contribution in [1.82, 2.24) is 4.98 Å². The van der Waals surface area contributed by atoms with E-state index in [0.717, 1.165) is 55.4 Å². The topological polar surface area (TPSA) is 139 Å². The Morgan fingerprint density at radius 3 is 2.17 bits per heavy atom. The van der Waals surface area contributed by atoms with Crippen LogP contribution in [-0.4, -0.2) is 78.3 Å². The minimum atomic E-state index is -0.765. The van der Waals surface area contributed by atoms with Crippen molar-refractivity contribution in [3.8, 4) is 0 Å². The Morgan fingerprint density at radius 2 is 1.55 bits per heavy atom. The van der Waals surface area contributed by atoms with E-state index >= 15 is 0 Å². The molecule has 4 aliphatic rings. The van der Waals surface area contributed by atoms with Crippen LogP contribution in [0.2, 0.25) is 0 Å². The average Bonchev–Trinajstić information content (AvgIpc) is 4.13. The summed E-state index contributed by atoms with van der Waals surface area (Å²) in [5.74, 6) is -0.402. The lowest BCUT2D eigenvalue weighted by Gasteiger charge is -2.34. The van der Waals surface area contributed by atoms with Crippen molar-refractivity contribution in [2.75, 3.05) is 7.11 Å². The second-order valence-electron chi connectivity index (χ2n) is 19.9. The van der Waals surface area contributed by atoms with E-state index in [1.54, 1.807) is 13.4 Å². The smallest absolute Gasteiger partial charge is 0.338 e. The van der Waals surface area contributed by atoms with Gasteiger partial charge in [-0.15, -0.1) is 0 Å². The highest BCUT2D eigenvalue weighted by Gasteiger charge is 2.60. The third kappa shape index (κ3) is 16.6. The zero-order chi connectivity index (χ0) is 46.1. The van der Waals surface area contributed by atoms with Crippen LogP contribution in [0.3, 0.4) is 0 Å². The molecule has 4 saturated heterocycles. The van der Waals surface area contributed by atoms with Crippen molar-refractivity contribution >= 4 is 24.0 Å². The van der Waals surface area contributed by atoms with E-state index in [4.69, 9.17) is 32.8 Å². The number of methoxy groups -OCH3 is 1. The maximum atomic E-state index is 13.9. The van der Waals surface area contributed by atoms with Gasteiger partial charge in [0.1, 0.15) is 35.9 Å². The second kappa shape index (κ2) is 26.2. The number of nitrogens with zero attached hydrogens (tertiary/aromatic N) is 1. The number of aromatic nitrogens is 1. The largest absolute Gasteiger partial charge is 0.462 e. The molecule has 5 rings (SSSR count). The van der Waals surface area contributed by atoms with Crippen molar-refractivity contribution in [2.45, 2.75) is 238 Å². The van der Waals surface area contributed by atoms with Crippen molar-refractivity contribution < 1.29 is 47.2 Å². The first-order valence-corrected chi connectivity index (χ1v) is 25.2. The minimum absolute atomic E-state index is 0.0761. The molecule has 0 amide bonds. The molecule has 11 nitrogen and oxygen atoms in total. The summed E-state index contributed by atoms with van der Waals surface area (Å²) in [6.45, 7) is 14.3. The first-order chi connectivity index (χ1) is 30.8. The molecule has 5 heterocycles. The second-order valence-corrected chi connectivity index (χ2v) is 19.9. The highest BCUT2D eigenvalue weighted by Crippen LogP contribution is 2.47. The highest BCUT2D eigenvalue weighted by molar-refractivity contribution is 5.78. The van der Waals surface area contributed by atoms with E-state index in [9.17, 15) is 14.4 Å². The number of ether oxygens (including phenoxy) is 6. The average molecular weight is 894 g/mol. The van der Waals surface area contributed by atoms with Crippen LogP contribution < -0.4 is 0 Å². The third-order valence-electron chi connectivity index (χ3n) is 14.3. The number of hydrogen-bond acceptors (Lipinski definition) is 11. The molecule has 1 aromatic heterocycles. The molecule has 0 saturated carbocycles. The summed E-state index contributed by atoms with van der Waals surface area (Å²) in [5, 5.41) is 0. The molecule has 360 valence electrons. The molecule has 0 spiro atoms. The molecule has 11 atom stereocenters. The molecule has 11 heteroatoms. The first-order valence-electron chi connectivity index (χ1n) is 25.2. The first kappa shape index (κ1) is 51.7. The van der Waals surface area contributed by atoms with E-state index in [-0.39, 0.29) is 54.4 Å². The van der Waals surface area contributed by atoms with E-state index in [1.807, 2.05) is 58.9 Å². The van der Waals surface area contributed by atoms with Gasteiger partial charge in [-0.1, -0.05) is 129 Å². The number of unbranched alkanes of at least 4 members (excludes halogenated alkanes) is 14. The Kier molecular flexibility index (Phi) is 21.1. The van der Waals surface area contributed by atoms with Crippen LogP contribution in [0.4, 0.5) is 0 Å². The summed E-state index contributed by atoms with van der Waals surface area (Å²) >= 11 is 0. The van der Waals surface area contributed by atoms with Gasteiger partial charge in [-0.3, -0.25) is 9.59 Å². The van der Waals surface area contributed by atoms with E-state index < -0.39 is 36.0 Å². The lowest BCUT2D eigenvalue weighted by atomic mass is 9.82. The fraction of sp³-hybridized carbons (Fsp3) is 0.774. The molecule has 0 N–H and O–H groups in total. The maximum absolute atomic E-state index is 13.9. The molecule has 0 radical (unpaired) electrons. The van der Waals surface area contributed by atoms with Gasteiger partial charge in [-0.05, 0) is 81.9 Å². The molecular formula is C53H83NO10. The quantitative estimate of drug-likeness (QED) is 0.0322. The number of oxazole rings is 1. The van der Waals surface area contributed by atoms with Crippen LogP contribution in [0.5, 0.6) is 0 Å². The van der Waals surface area contributed by atoms with Gasteiger partial charge in [0.2, 0.25) is 0 Å². The van der Waals surface area contributed by atoms with Crippen LogP contribution in [0.25, 0.3) is 6.08 Å². The van der Waals surface area contributed by atoms with Crippen molar-refractivity contribution in [3.05, 3.63) is 47.2 Å². The minimum Gasteiger partial charge on any atom is -0.462 e. The molecule has 4 fully saturated rings. The molecule has 2 bridgehead atoms. The summed E-state index contributed by atoms with van der Waals surface area (Å²) in [5.41, 5.74) is 1.94. The van der Waals surface area contributed by atoms with Gasteiger partial charge in [-0.25, -0.2) is 9.78 Å². The summed E-state index contributed by atoms with van der Waals surface area (Å²) in [6.07, 6.45) is 29.0. The standard InChI is InChI=1S/C53H83NO10/c1-9-10-11-12-13-14-15-16-17-18-19-20-21-22-23-27-48(55)63-47-34-44(39(5)50(58-8)38(4)26-24-25-36(2)30-42-35-59-40(6)54-42)62-52(57)51-45(61-51)32-41-31-43(60-49(56)33-41)37(3)28-29-46-53(47,7)64-46/h24-26,30,35,37,39,41,43-47,50-51H,9-23,27-29,31-34H2,1-8H3. The summed E-state index contributed by atoms with van der Waals surface area (Å²) in [4.78, 5) is 44.7. The van der Waals surface area contributed by atoms with Gasteiger partial charge in [0, 0.05) is 39.2 Å². The maximum Gasteiger partial charge on any atom is 0.338 e. The lowest BCUT2D eigenvalue weighted by molar-refractivity contribution is -0.164. The molecule has 0 aliphatic carbocycles. The SMILES string of the molecule is CCCCCCCCCCCCCCCCCC(=O)OC1CC(C(C)C(OC)C(C)=CC=CC(C)=Cc2coc(C)n2)OC(=O)C2OC2CC2CC(=O)OC(C2)C(C)CCC2OC12C. The zero-order valence-electron chi connectivity index (χ0n) is 40.7. The fourth-order valence-electron chi connectivity index (χ4n) is 10.0. The number of epoxide rings is 2. The van der Waals surface area contributed by atoms with E-state index in [2.05, 4.69) is 18.8 Å². The van der Waals surface area contributed by atoms with Crippen LogP contribution in [0.15, 0.2) is 40.1 Å². The molecule has 0 aromatic carbocycles. The Hall–Kier alpha value is -3.28. The van der Waals surface area contributed by atoms with Gasteiger partial charge >= 0.3 is 17.9 Å². The highest BCUT2D eigenvalue weighted by atomic mass is 16.7. The number of fused-ring (bicyclic) bond motifs is 4. The molecule has 1 aromatic rings. The monoisotopic (exact) mass is 894 g/mol. The van der Waals surface area contributed by atoms with E-state index in [0.29, 0.717) is 25.2 Å². The third-order valence-corrected chi connectivity index (χ3v) is 14.3. The number of aryl methyl sites for hydroxylation is 1. The molecule has 4 aliphatic heterocycles. The van der Waals surface area contributed by atoms with Gasteiger partial charge in [0.05, 0.1) is 18.3 Å². The number of carbonyl (C=O) groups excluding carboxylic acids is 3. The number of rotatable bonds is 24. The number of esters is 3. The van der Waals surface area contributed by atoms with Gasteiger partial charge < -0.3 is 32.8 Å². The van der Waals surface area contributed by atoms with Crippen molar-refractivity contribution in [3.63, 3.8) is 0 Å². The zero-order valence-corrected chi connectivity index (χ0v) is 40.7. The van der Waals surface area contributed by atoms with E-state index in [1.165, 1.54) is 77.0 Å². The van der Waals surface area contributed by atoms with Crippen LogP contribution in [0.1, 0.15) is 194 Å². The van der Waals surface area contributed by atoms with Gasteiger partial charge in [-0.2, -0.15) is 0 Å². The lowest BCUT2D eigenvalue weighted by Crippen LogP contribution is -2.43. The Labute approximate surface area is 385 Å². The number of allylic oxidation sites excluding steroid dienone is 4. The predicted octanol–water partition coefficient (Wildman–Crippen LogP) is 12.1. The van der Waals surface area contributed by atoms with Crippen molar-refractivity contribution in [2.24, 2.45) is 17.8 Å². The molecular weight excluding hydrogens is 811 g/mol. The predicted molar refractivity (Wildman–Crippen MR) is 249 cm³/mol. The summed E-state index contributed by atoms with van der Waals surface area (Å²) < 4.78 is 42.5. The van der Waals surface area contributed by atoms with Gasteiger partial charge in [0.15, 0.2) is 12.0 Å². The normalized spacial score (nSPS) is 29.9. The van der Waals surface area contributed by atoms with Crippen LogP contribution in [-0.2, 0) is 42.8 Å². The summed E-state index contributed by atoms with van der Waals surface area (Å²) in [6, 6.07) is 0. The number of carbonyl (C=O) groups is 3. The Morgan fingerprint density at radius 1 is 0.906 bits per heavy atom. The number of hydrogen-bond donors (Lipinski definition) is 0. The molecule has 11 unspecified atom stereocenters. The fourth-order valence-corrected chi connectivity index (χ4v) is 10.0. The summed E-state index contributed by atoms with van der Waals surface area (Å²) in [7, 11) is 1.66. The van der Waals surface area contributed by atoms with Crippen LogP contribution >= 0.6 is 0 Å². The molecule has 64 heavy (non-hydrogen) atoms. The number of cyclic esters (lactones) is 1. The van der Waals surface area contributed by atoms with Gasteiger partial charge in [0.25, 0.3) is 0 Å². The van der Waals surface area contributed by atoms with Crippen molar-refractivity contribution in [1.29, 1.82) is 0 Å². The van der Waals surface area contributed by atoms with Crippen LogP contribution in [0, 0.1) is 24.7 Å². The Bertz CT molecular complexity index is 1700.